The molecule has 0 amide bonds. The van der Waals surface area contributed by atoms with Crippen LogP contribution in [0, 0.1) is 0 Å². The van der Waals surface area contributed by atoms with E-state index in [1.807, 2.05) is 42.5 Å². The topological polar surface area (TPSA) is 51.8 Å². The monoisotopic (exact) mass is 657 g/mol. The van der Waals surface area contributed by atoms with Crippen LogP contribution in [0.4, 0.5) is 0 Å². The molecule has 0 aliphatic carbocycles. The molecule has 10 rings (SSSR count). The average molecular weight is 658 g/mol. The lowest BCUT2D eigenvalue weighted by molar-refractivity contribution is 0.670. The summed E-state index contributed by atoms with van der Waals surface area (Å²) in [6.45, 7) is 0. The fourth-order valence-corrected chi connectivity index (χ4v) is 8.18. The summed E-state index contributed by atoms with van der Waals surface area (Å²) in [5.41, 5.74) is 8.76. The molecule has 234 valence electrons. The van der Waals surface area contributed by atoms with Gasteiger partial charge in [0.25, 0.3) is 0 Å². The van der Waals surface area contributed by atoms with Gasteiger partial charge in [0, 0.05) is 47.6 Å². The zero-order chi connectivity index (χ0) is 33.0. The molecule has 0 fully saturated rings. The molecular weight excluding hydrogens is 631 g/mol. The molecule has 0 radical (unpaired) electrons. The largest absolute Gasteiger partial charge is 0.455 e. The molecule has 4 nitrogen and oxygen atoms in total. The fraction of sp³-hybridized carbons (Fsp3) is 0. The van der Waals surface area contributed by atoms with E-state index in [0.29, 0.717) is 17.5 Å². The van der Waals surface area contributed by atoms with Crippen LogP contribution in [0.5, 0.6) is 0 Å². The molecule has 10 aromatic rings. The highest BCUT2D eigenvalue weighted by Gasteiger charge is 2.21. The van der Waals surface area contributed by atoms with Gasteiger partial charge in [-0.3, -0.25) is 0 Å². The van der Waals surface area contributed by atoms with Crippen LogP contribution < -0.4 is 0 Å². The van der Waals surface area contributed by atoms with E-state index >= 15 is 0 Å². The molecule has 0 atom stereocenters. The van der Waals surface area contributed by atoms with Crippen LogP contribution in [0.3, 0.4) is 0 Å². The minimum atomic E-state index is 0.567. The Kier molecular flexibility index (Phi) is 6.64. The number of nitrogens with zero attached hydrogens (tertiary/aromatic N) is 3. The number of hydrogen-bond donors (Lipinski definition) is 0. The van der Waals surface area contributed by atoms with Gasteiger partial charge in [0.05, 0.1) is 5.56 Å². The summed E-state index contributed by atoms with van der Waals surface area (Å²) >= 11 is 1.80. The van der Waals surface area contributed by atoms with Crippen LogP contribution in [0.15, 0.2) is 168 Å². The number of furan rings is 1. The minimum Gasteiger partial charge on any atom is -0.455 e. The van der Waals surface area contributed by atoms with Crippen molar-refractivity contribution in [2.24, 2.45) is 0 Å². The predicted octanol–water partition coefficient (Wildman–Crippen LogP) is 12.5. The average Bonchev–Trinajstić information content (AvgIpc) is 3.77. The summed E-state index contributed by atoms with van der Waals surface area (Å²) in [6, 6.07) is 56.7. The molecule has 7 aromatic carbocycles. The maximum absolute atomic E-state index is 6.78. The number of hydrogen-bond acceptors (Lipinski definition) is 5. The summed E-state index contributed by atoms with van der Waals surface area (Å²) in [7, 11) is 0. The Labute approximate surface area is 292 Å². The molecule has 3 aromatic heterocycles. The molecule has 0 bridgehead atoms. The molecule has 0 saturated heterocycles. The van der Waals surface area contributed by atoms with E-state index in [1.54, 1.807) is 11.3 Å². The van der Waals surface area contributed by atoms with Gasteiger partial charge in [-0.1, -0.05) is 140 Å². The maximum atomic E-state index is 6.78. The van der Waals surface area contributed by atoms with Gasteiger partial charge in [0.15, 0.2) is 17.5 Å². The zero-order valence-electron chi connectivity index (χ0n) is 26.7. The summed E-state index contributed by atoms with van der Waals surface area (Å²) in [4.78, 5) is 15.4. The fourth-order valence-electron chi connectivity index (χ4n) is 7.01. The first-order chi connectivity index (χ1) is 24.8. The van der Waals surface area contributed by atoms with Gasteiger partial charge in [0.1, 0.15) is 11.2 Å². The lowest BCUT2D eigenvalue weighted by Gasteiger charge is -2.11. The Hall–Kier alpha value is -6.43. The number of thiophene rings is 1. The van der Waals surface area contributed by atoms with Gasteiger partial charge < -0.3 is 4.42 Å². The molecular formula is C45H27N3OS. The number of benzene rings is 7. The molecule has 0 N–H and O–H groups in total. The third-order valence-electron chi connectivity index (χ3n) is 9.34. The van der Waals surface area contributed by atoms with Crippen molar-refractivity contribution in [2.45, 2.75) is 0 Å². The highest BCUT2D eigenvalue weighted by Crippen LogP contribution is 2.43. The van der Waals surface area contributed by atoms with Crippen molar-refractivity contribution >= 4 is 53.4 Å². The number of aromatic nitrogens is 3. The number of fused-ring (bicyclic) bond motifs is 6. The van der Waals surface area contributed by atoms with Crippen molar-refractivity contribution < 1.29 is 4.42 Å². The normalized spacial score (nSPS) is 11.6. The predicted molar refractivity (Wildman–Crippen MR) is 207 cm³/mol. The number of para-hydroxylation sites is 2. The third-order valence-corrected chi connectivity index (χ3v) is 10.5. The first-order valence-electron chi connectivity index (χ1n) is 16.6. The highest BCUT2D eigenvalue weighted by molar-refractivity contribution is 7.26. The van der Waals surface area contributed by atoms with Crippen LogP contribution >= 0.6 is 11.3 Å². The lowest BCUT2D eigenvalue weighted by Crippen LogP contribution is -2.00. The lowest BCUT2D eigenvalue weighted by atomic mass is 9.97. The quantitative estimate of drug-likeness (QED) is 0.185. The Morgan fingerprint density at radius 2 is 0.880 bits per heavy atom. The number of rotatable bonds is 5. The summed E-state index contributed by atoms with van der Waals surface area (Å²) < 4.78 is 9.23. The summed E-state index contributed by atoms with van der Waals surface area (Å²) in [5, 5.41) is 4.59. The molecule has 50 heavy (non-hydrogen) atoms. The Bertz CT molecular complexity index is 2860. The van der Waals surface area contributed by atoms with Crippen molar-refractivity contribution in [3.63, 3.8) is 0 Å². The molecule has 0 aliphatic rings. The minimum absolute atomic E-state index is 0.567. The van der Waals surface area contributed by atoms with E-state index in [2.05, 4.69) is 121 Å². The first kappa shape index (κ1) is 28.6. The van der Waals surface area contributed by atoms with E-state index in [4.69, 9.17) is 19.4 Å². The van der Waals surface area contributed by atoms with Crippen molar-refractivity contribution in [1.29, 1.82) is 0 Å². The van der Waals surface area contributed by atoms with Gasteiger partial charge in [-0.2, -0.15) is 0 Å². The van der Waals surface area contributed by atoms with E-state index in [0.717, 1.165) is 60.9 Å². The third kappa shape index (κ3) is 4.71. The molecule has 0 saturated carbocycles. The van der Waals surface area contributed by atoms with Crippen molar-refractivity contribution in [1.82, 2.24) is 15.0 Å². The van der Waals surface area contributed by atoms with Gasteiger partial charge in [-0.25, -0.2) is 15.0 Å². The molecule has 3 heterocycles. The molecule has 0 unspecified atom stereocenters. The Morgan fingerprint density at radius 3 is 1.58 bits per heavy atom. The Morgan fingerprint density at radius 1 is 0.360 bits per heavy atom. The smallest absolute Gasteiger partial charge is 0.167 e. The summed E-state index contributed by atoms with van der Waals surface area (Å²) in [6.07, 6.45) is 0. The SMILES string of the molecule is c1ccc(-c2nc(-c3cc(-c4ccccc4)c4c(c3)sc3ccccc34)nc(-c3cccc4c3oc3c(-c5ccccc5)cccc34)n2)cc1. The zero-order valence-corrected chi connectivity index (χ0v) is 27.6. The van der Waals surface area contributed by atoms with Gasteiger partial charge >= 0.3 is 0 Å². The standard InChI is InChI=1S/C45H27N3OS/c1-4-14-28(15-5-1)32-21-12-22-33-34-23-13-24-36(42(34)49-41(32)33)45-47-43(30-18-8-3-9-19-30)46-44(48-45)31-26-37(29-16-6-2-7-17-29)40-35-20-10-11-25-38(35)50-39(40)27-31/h1-27H. The Balaban J connectivity index is 1.23. The van der Waals surface area contributed by atoms with Crippen LogP contribution in [0.25, 0.3) is 98.5 Å². The van der Waals surface area contributed by atoms with Crippen molar-refractivity contribution in [3.8, 4) is 56.4 Å². The van der Waals surface area contributed by atoms with Crippen LogP contribution in [-0.4, -0.2) is 15.0 Å². The highest BCUT2D eigenvalue weighted by atomic mass is 32.1. The van der Waals surface area contributed by atoms with E-state index < -0.39 is 0 Å². The van der Waals surface area contributed by atoms with Gasteiger partial charge in [-0.15, -0.1) is 11.3 Å². The summed E-state index contributed by atoms with van der Waals surface area (Å²) in [5.74, 6) is 1.79. The van der Waals surface area contributed by atoms with Crippen molar-refractivity contribution in [3.05, 3.63) is 164 Å². The maximum Gasteiger partial charge on any atom is 0.167 e. The van der Waals surface area contributed by atoms with Crippen LogP contribution in [0.1, 0.15) is 0 Å². The first-order valence-corrected chi connectivity index (χ1v) is 17.4. The van der Waals surface area contributed by atoms with Crippen LogP contribution in [-0.2, 0) is 0 Å². The second-order valence-corrected chi connectivity index (χ2v) is 13.4. The molecule has 5 heteroatoms. The second kappa shape index (κ2) is 11.6. The second-order valence-electron chi connectivity index (χ2n) is 12.4. The van der Waals surface area contributed by atoms with E-state index in [9.17, 15) is 0 Å². The van der Waals surface area contributed by atoms with Crippen LogP contribution in [0.2, 0.25) is 0 Å². The molecule has 0 spiro atoms. The van der Waals surface area contributed by atoms with Gasteiger partial charge in [-0.05, 0) is 41.0 Å². The van der Waals surface area contributed by atoms with E-state index in [1.165, 1.54) is 20.2 Å². The van der Waals surface area contributed by atoms with Gasteiger partial charge in [0.2, 0.25) is 0 Å². The molecule has 0 aliphatic heterocycles. The van der Waals surface area contributed by atoms with E-state index in [-0.39, 0.29) is 0 Å². The van der Waals surface area contributed by atoms with Crippen molar-refractivity contribution in [2.75, 3.05) is 0 Å².